The summed E-state index contributed by atoms with van der Waals surface area (Å²) in [5, 5.41) is 1.95. The first kappa shape index (κ1) is 28.2. The van der Waals surface area contributed by atoms with Crippen molar-refractivity contribution in [2.24, 2.45) is 0 Å². The van der Waals surface area contributed by atoms with Crippen LogP contribution in [0, 0.1) is 0 Å². The van der Waals surface area contributed by atoms with E-state index in [2.05, 4.69) is 6.58 Å². The summed E-state index contributed by atoms with van der Waals surface area (Å²) in [5.41, 5.74) is 0.968. The van der Waals surface area contributed by atoms with Gasteiger partial charge in [0.2, 0.25) is 15.9 Å². The molecule has 0 atom stereocenters. The summed E-state index contributed by atoms with van der Waals surface area (Å²) in [7, 11) is 0.731. The topological polar surface area (TPSA) is 85.4 Å². The zero-order valence-electron chi connectivity index (χ0n) is 21.3. The van der Waals surface area contributed by atoms with Gasteiger partial charge in [-0.1, -0.05) is 18.2 Å². The number of carbonyl (C=O) groups excluding carboxylic acids is 1. The summed E-state index contributed by atoms with van der Waals surface area (Å²) in [6.45, 7) is 4.16. The molecule has 0 aliphatic rings. The summed E-state index contributed by atoms with van der Waals surface area (Å²) in [4.78, 5) is 16.3. The highest BCUT2D eigenvalue weighted by atomic mass is 32.2. The molecule has 3 aromatic rings. The lowest BCUT2D eigenvalue weighted by molar-refractivity contribution is -0.131. The van der Waals surface area contributed by atoms with Gasteiger partial charge in [-0.25, -0.2) is 8.42 Å². The fraction of sp³-hybridized carbons (Fsp3) is 0.296. The van der Waals surface area contributed by atoms with E-state index in [0.717, 1.165) is 14.7 Å². The van der Waals surface area contributed by atoms with E-state index in [4.69, 9.17) is 14.2 Å². The third kappa shape index (κ3) is 7.34. The molecule has 0 aliphatic heterocycles. The number of hydrogen-bond acceptors (Lipinski definition) is 7. The average Bonchev–Trinajstić information content (AvgIpc) is 3.43. The first-order valence-electron chi connectivity index (χ1n) is 11.6. The smallest absolute Gasteiger partial charge is 0.243 e. The Labute approximate surface area is 222 Å². The van der Waals surface area contributed by atoms with Crippen LogP contribution >= 0.6 is 11.3 Å². The molecule has 37 heavy (non-hydrogen) atoms. The number of nitrogens with zero attached hydrogens (tertiary/aromatic N) is 2. The van der Waals surface area contributed by atoms with Gasteiger partial charge in [-0.2, -0.15) is 4.31 Å². The largest absolute Gasteiger partial charge is 0.497 e. The van der Waals surface area contributed by atoms with Crippen LogP contribution in [0.3, 0.4) is 0 Å². The molecule has 10 heteroatoms. The summed E-state index contributed by atoms with van der Waals surface area (Å²) < 4.78 is 43.7. The Hall–Kier alpha value is -3.34. The van der Waals surface area contributed by atoms with Crippen LogP contribution < -0.4 is 14.2 Å². The Morgan fingerprint density at radius 3 is 2.32 bits per heavy atom. The first-order valence-corrected chi connectivity index (χ1v) is 13.9. The highest BCUT2D eigenvalue weighted by Gasteiger charge is 2.28. The highest BCUT2D eigenvalue weighted by Crippen LogP contribution is 2.28. The molecule has 0 saturated carbocycles. The first-order chi connectivity index (χ1) is 17.8. The number of methoxy groups -OCH3 is 3. The van der Waals surface area contributed by atoms with Gasteiger partial charge >= 0.3 is 0 Å². The van der Waals surface area contributed by atoms with Crippen molar-refractivity contribution < 1.29 is 27.4 Å². The molecule has 0 aliphatic carbocycles. The van der Waals surface area contributed by atoms with E-state index in [1.165, 1.54) is 25.3 Å². The summed E-state index contributed by atoms with van der Waals surface area (Å²) in [6.07, 6.45) is 2.03. The van der Waals surface area contributed by atoms with Crippen LogP contribution in [0.15, 0.2) is 77.5 Å². The van der Waals surface area contributed by atoms with E-state index in [1.807, 2.05) is 35.7 Å². The number of ether oxygens (including phenoxy) is 3. The highest BCUT2D eigenvalue weighted by molar-refractivity contribution is 7.89. The van der Waals surface area contributed by atoms with Crippen LogP contribution in [0.2, 0.25) is 0 Å². The quantitative estimate of drug-likeness (QED) is 0.283. The molecule has 0 fully saturated rings. The number of sulfonamides is 1. The fourth-order valence-corrected chi connectivity index (χ4v) is 5.80. The van der Waals surface area contributed by atoms with Gasteiger partial charge in [0.15, 0.2) is 11.5 Å². The molecule has 2 aromatic carbocycles. The van der Waals surface area contributed by atoms with Gasteiger partial charge in [0.1, 0.15) is 5.75 Å². The maximum absolute atomic E-state index is 13.5. The van der Waals surface area contributed by atoms with Crippen molar-refractivity contribution >= 4 is 27.3 Å². The Balaban J connectivity index is 1.81. The molecule has 0 N–H and O–H groups in total. The number of benzene rings is 2. The monoisotopic (exact) mass is 544 g/mol. The van der Waals surface area contributed by atoms with Gasteiger partial charge in [0.05, 0.1) is 39.3 Å². The van der Waals surface area contributed by atoms with Crippen LogP contribution in [0.25, 0.3) is 0 Å². The van der Waals surface area contributed by atoms with Crippen molar-refractivity contribution in [3.05, 3.63) is 83.1 Å². The summed E-state index contributed by atoms with van der Waals surface area (Å²) >= 11 is 1.55. The Bertz CT molecular complexity index is 1270. The van der Waals surface area contributed by atoms with E-state index >= 15 is 0 Å². The van der Waals surface area contributed by atoms with Crippen molar-refractivity contribution in [1.82, 2.24) is 9.21 Å². The SMILES string of the molecule is C=CCN(CC(=O)N(CCc1ccc(OC)c(OC)c1)Cc1cccs1)S(=O)(=O)c1ccc(OC)cc1. The van der Waals surface area contributed by atoms with E-state index in [-0.39, 0.29) is 23.9 Å². The second-order valence-electron chi connectivity index (χ2n) is 8.10. The number of amides is 1. The number of rotatable bonds is 14. The summed E-state index contributed by atoms with van der Waals surface area (Å²) in [6, 6.07) is 15.6. The maximum atomic E-state index is 13.5. The van der Waals surface area contributed by atoms with Gasteiger partial charge in [-0.05, 0) is 59.8 Å². The number of thiophene rings is 1. The molecule has 0 saturated heterocycles. The van der Waals surface area contributed by atoms with Crippen LogP contribution in [0.1, 0.15) is 10.4 Å². The maximum Gasteiger partial charge on any atom is 0.243 e. The molecule has 0 radical (unpaired) electrons. The third-order valence-electron chi connectivity index (χ3n) is 5.74. The van der Waals surface area contributed by atoms with Gasteiger partial charge in [0.25, 0.3) is 0 Å². The molecule has 1 amide bonds. The predicted octanol–water partition coefficient (Wildman–Crippen LogP) is 4.22. The van der Waals surface area contributed by atoms with Crippen LogP contribution in [-0.4, -0.2) is 64.5 Å². The van der Waals surface area contributed by atoms with Crippen molar-refractivity contribution in [3.63, 3.8) is 0 Å². The molecular formula is C27H32N2O6S2. The van der Waals surface area contributed by atoms with E-state index < -0.39 is 10.0 Å². The normalized spacial score (nSPS) is 11.2. The Kier molecular flexibility index (Phi) is 10.1. The molecule has 0 bridgehead atoms. The molecule has 1 aromatic heterocycles. The zero-order chi connectivity index (χ0) is 26.8. The zero-order valence-corrected chi connectivity index (χ0v) is 22.9. The summed E-state index contributed by atoms with van der Waals surface area (Å²) in [5.74, 6) is 1.48. The van der Waals surface area contributed by atoms with Crippen molar-refractivity contribution in [3.8, 4) is 17.2 Å². The fourth-order valence-electron chi connectivity index (χ4n) is 3.72. The van der Waals surface area contributed by atoms with Crippen LogP contribution in [-0.2, 0) is 27.8 Å². The lowest BCUT2D eigenvalue weighted by atomic mass is 10.1. The average molecular weight is 545 g/mol. The van der Waals surface area contributed by atoms with Gasteiger partial charge < -0.3 is 19.1 Å². The van der Waals surface area contributed by atoms with Crippen molar-refractivity contribution in [2.45, 2.75) is 17.9 Å². The minimum atomic E-state index is -3.93. The Morgan fingerprint density at radius 2 is 1.73 bits per heavy atom. The van der Waals surface area contributed by atoms with E-state index in [9.17, 15) is 13.2 Å². The van der Waals surface area contributed by atoms with Gasteiger partial charge in [-0.3, -0.25) is 4.79 Å². The Morgan fingerprint density at radius 1 is 1.00 bits per heavy atom. The molecule has 8 nitrogen and oxygen atoms in total. The van der Waals surface area contributed by atoms with Gasteiger partial charge in [0, 0.05) is 18.0 Å². The second-order valence-corrected chi connectivity index (χ2v) is 11.1. The van der Waals surface area contributed by atoms with Crippen LogP contribution in [0.5, 0.6) is 17.2 Å². The van der Waals surface area contributed by atoms with Crippen molar-refractivity contribution in [2.75, 3.05) is 41.0 Å². The standard InChI is InChI=1S/C27H32N2O6S2/c1-5-15-29(37(31,32)24-11-9-22(33-2)10-12-24)20-27(30)28(19-23-7-6-17-36-23)16-14-21-8-13-25(34-3)26(18-21)35-4/h5-13,17-18H,1,14-16,19-20H2,2-4H3. The number of hydrogen-bond donors (Lipinski definition) is 0. The minimum absolute atomic E-state index is 0.00260. The molecule has 1 heterocycles. The molecule has 3 rings (SSSR count). The molecular weight excluding hydrogens is 512 g/mol. The van der Waals surface area contributed by atoms with Crippen molar-refractivity contribution in [1.29, 1.82) is 0 Å². The molecule has 0 unspecified atom stereocenters. The lowest BCUT2D eigenvalue weighted by Gasteiger charge is -2.27. The second kappa shape index (κ2) is 13.3. The molecule has 0 spiro atoms. The predicted molar refractivity (Wildman–Crippen MR) is 145 cm³/mol. The van der Waals surface area contributed by atoms with Crippen LogP contribution in [0.4, 0.5) is 0 Å². The lowest BCUT2D eigenvalue weighted by Crippen LogP contribution is -2.43. The minimum Gasteiger partial charge on any atom is -0.497 e. The van der Waals surface area contributed by atoms with E-state index in [0.29, 0.717) is 36.8 Å². The van der Waals surface area contributed by atoms with E-state index in [1.54, 1.807) is 42.6 Å². The van der Waals surface area contributed by atoms with Gasteiger partial charge in [-0.15, -0.1) is 17.9 Å². The third-order valence-corrected chi connectivity index (χ3v) is 8.43. The molecule has 198 valence electrons. The number of carbonyl (C=O) groups is 1.